The highest BCUT2D eigenvalue weighted by Gasteiger charge is 2.20. The average molecular weight is 356 g/mol. The lowest BCUT2D eigenvalue weighted by Crippen LogP contribution is -2.38. The predicted molar refractivity (Wildman–Crippen MR) is 101 cm³/mol. The third-order valence-corrected chi connectivity index (χ3v) is 4.49. The van der Waals surface area contributed by atoms with E-state index in [1.54, 1.807) is 0 Å². The molecule has 4 rings (SSSR count). The molecule has 1 amide bonds. The SMILES string of the molecule is Cc1nc(-c2cnc3[nH]ccc3c2NC2CCCNC2)oc1C.NC=O. The summed E-state index contributed by atoms with van der Waals surface area (Å²) in [6.07, 6.45) is 6.34. The number of pyridine rings is 1. The molecule has 26 heavy (non-hydrogen) atoms. The first-order valence-corrected chi connectivity index (χ1v) is 8.67. The minimum absolute atomic E-state index is 0.250. The highest BCUT2D eigenvalue weighted by Crippen LogP contribution is 2.34. The van der Waals surface area contributed by atoms with Crippen LogP contribution in [0.2, 0.25) is 0 Å². The smallest absolute Gasteiger partial charge is 0.230 e. The van der Waals surface area contributed by atoms with Crippen LogP contribution < -0.4 is 16.4 Å². The zero-order valence-electron chi connectivity index (χ0n) is 15.0. The number of carbonyl (C=O) groups excluding carboxylic acids is 1. The molecule has 0 saturated carbocycles. The molecule has 0 aliphatic carbocycles. The minimum atomic E-state index is 0.250. The summed E-state index contributed by atoms with van der Waals surface area (Å²) in [4.78, 5) is 20.8. The molecular formula is C18H24N6O2. The Morgan fingerprint density at radius 1 is 1.42 bits per heavy atom. The van der Waals surface area contributed by atoms with Gasteiger partial charge in [-0.05, 0) is 39.3 Å². The van der Waals surface area contributed by atoms with Gasteiger partial charge in [-0.2, -0.15) is 0 Å². The van der Waals surface area contributed by atoms with Crippen LogP contribution in [0.4, 0.5) is 5.69 Å². The van der Waals surface area contributed by atoms with Crippen LogP contribution in [0.5, 0.6) is 0 Å². The summed E-state index contributed by atoms with van der Waals surface area (Å²) in [5.41, 5.74) is 7.92. The van der Waals surface area contributed by atoms with Crippen molar-refractivity contribution in [2.45, 2.75) is 32.7 Å². The first kappa shape index (κ1) is 17.9. The van der Waals surface area contributed by atoms with Crippen LogP contribution in [-0.2, 0) is 4.79 Å². The van der Waals surface area contributed by atoms with E-state index in [0.29, 0.717) is 11.9 Å². The van der Waals surface area contributed by atoms with Crippen molar-refractivity contribution in [3.05, 3.63) is 29.9 Å². The standard InChI is InChI=1S/C17H21N5O.CH3NO/c1-10-11(2)23-17(21-10)14-9-20-16-13(5-7-19-16)15(14)22-12-4-3-6-18-8-12;2-1-3/h5,7,9,12,18H,3-4,6,8H2,1-2H3,(H2,19,20,22);1H,(H2,2,3). The molecule has 1 saturated heterocycles. The first-order valence-electron chi connectivity index (χ1n) is 8.67. The number of primary amides is 1. The number of aryl methyl sites for hydroxylation is 2. The number of oxazole rings is 1. The maximum Gasteiger partial charge on any atom is 0.230 e. The van der Waals surface area contributed by atoms with Gasteiger partial charge in [0.2, 0.25) is 12.3 Å². The number of H-pyrrole nitrogens is 1. The van der Waals surface area contributed by atoms with E-state index in [2.05, 4.69) is 31.3 Å². The van der Waals surface area contributed by atoms with Gasteiger partial charge in [0.1, 0.15) is 11.4 Å². The third kappa shape index (κ3) is 3.70. The van der Waals surface area contributed by atoms with Crippen molar-refractivity contribution >= 4 is 23.1 Å². The Bertz CT molecular complexity index is 860. The molecule has 5 N–H and O–H groups in total. The van der Waals surface area contributed by atoms with Crippen molar-refractivity contribution in [2.24, 2.45) is 5.73 Å². The molecule has 0 radical (unpaired) electrons. The largest absolute Gasteiger partial charge is 0.441 e. The molecule has 1 aliphatic rings. The van der Waals surface area contributed by atoms with E-state index in [4.69, 9.17) is 9.21 Å². The molecule has 138 valence electrons. The van der Waals surface area contributed by atoms with Crippen LogP contribution in [0.25, 0.3) is 22.5 Å². The Morgan fingerprint density at radius 3 is 2.88 bits per heavy atom. The molecule has 8 nitrogen and oxygen atoms in total. The molecule has 3 aromatic rings. The minimum Gasteiger partial charge on any atom is -0.441 e. The number of hydrogen-bond donors (Lipinski definition) is 4. The summed E-state index contributed by atoms with van der Waals surface area (Å²) in [6.45, 7) is 5.96. The maximum absolute atomic E-state index is 8.58. The molecule has 0 aromatic carbocycles. The van der Waals surface area contributed by atoms with Crippen LogP contribution >= 0.6 is 0 Å². The second kappa shape index (κ2) is 8.01. The molecule has 1 atom stereocenters. The number of nitrogens with zero attached hydrogens (tertiary/aromatic N) is 2. The molecule has 0 spiro atoms. The lowest BCUT2D eigenvalue weighted by atomic mass is 10.1. The quantitative estimate of drug-likeness (QED) is 0.533. The Balaban J connectivity index is 0.000000613. The normalized spacial score (nSPS) is 16.8. The van der Waals surface area contributed by atoms with E-state index in [0.717, 1.165) is 53.2 Å². The Kier molecular flexibility index (Phi) is 5.52. The lowest BCUT2D eigenvalue weighted by Gasteiger charge is -2.26. The predicted octanol–water partition coefficient (Wildman–Crippen LogP) is 2.10. The van der Waals surface area contributed by atoms with E-state index in [1.807, 2.05) is 32.3 Å². The highest BCUT2D eigenvalue weighted by molar-refractivity contribution is 5.97. The third-order valence-electron chi connectivity index (χ3n) is 4.49. The highest BCUT2D eigenvalue weighted by atomic mass is 16.4. The number of aromatic amines is 1. The number of carbonyl (C=O) groups is 1. The number of anilines is 1. The van der Waals surface area contributed by atoms with Gasteiger partial charge in [-0.15, -0.1) is 0 Å². The number of nitrogens with two attached hydrogens (primary N) is 1. The zero-order valence-corrected chi connectivity index (χ0v) is 15.0. The topological polar surface area (TPSA) is 122 Å². The summed E-state index contributed by atoms with van der Waals surface area (Å²) in [7, 11) is 0. The molecule has 3 aromatic heterocycles. The first-order chi connectivity index (χ1) is 12.6. The van der Waals surface area contributed by atoms with Crippen molar-refractivity contribution in [1.29, 1.82) is 0 Å². The maximum atomic E-state index is 8.58. The summed E-state index contributed by atoms with van der Waals surface area (Å²) in [5.74, 6) is 1.47. The number of amides is 1. The number of nitrogens with one attached hydrogen (secondary N) is 3. The van der Waals surface area contributed by atoms with Gasteiger partial charge in [-0.1, -0.05) is 0 Å². The van der Waals surface area contributed by atoms with Crippen molar-refractivity contribution in [3.63, 3.8) is 0 Å². The fraction of sp³-hybridized carbons (Fsp3) is 0.389. The second-order valence-corrected chi connectivity index (χ2v) is 6.27. The van der Waals surface area contributed by atoms with E-state index >= 15 is 0 Å². The van der Waals surface area contributed by atoms with Gasteiger partial charge < -0.3 is 25.8 Å². The van der Waals surface area contributed by atoms with E-state index in [1.165, 1.54) is 6.42 Å². The molecule has 1 unspecified atom stereocenters. The van der Waals surface area contributed by atoms with Crippen LogP contribution in [0.1, 0.15) is 24.3 Å². The number of hydrogen-bond acceptors (Lipinski definition) is 6. The van der Waals surface area contributed by atoms with Gasteiger partial charge in [0.15, 0.2) is 0 Å². The summed E-state index contributed by atoms with van der Waals surface area (Å²) < 4.78 is 5.84. The van der Waals surface area contributed by atoms with Crippen molar-refractivity contribution in [2.75, 3.05) is 18.4 Å². The number of piperidine rings is 1. The average Bonchev–Trinajstić information content (AvgIpc) is 3.24. The zero-order chi connectivity index (χ0) is 18.5. The Hall–Kier alpha value is -2.87. The second-order valence-electron chi connectivity index (χ2n) is 6.27. The van der Waals surface area contributed by atoms with Crippen LogP contribution in [-0.4, -0.2) is 40.5 Å². The van der Waals surface area contributed by atoms with Crippen molar-refractivity contribution < 1.29 is 9.21 Å². The molecule has 8 heteroatoms. The molecule has 1 fully saturated rings. The van der Waals surface area contributed by atoms with E-state index < -0.39 is 0 Å². The van der Waals surface area contributed by atoms with Crippen LogP contribution in [0.15, 0.2) is 22.9 Å². The fourth-order valence-electron chi connectivity index (χ4n) is 3.09. The van der Waals surface area contributed by atoms with Crippen molar-refractivity contribution in [1.82, 2.24) is 20.3 Å². The van der Waals surface area contributed by atoms with Gasteiger partial charge >= 0.3 is 0 Å². The Labute approximate surface area is 151 Å². The Morgan fingerprint density at radius 2 is 2.23 bits per heavy atom. The summed E-state index contributed by atoms with van der Waals surface area (Å²) >= 11 is 0. The van der Waals surface area contributed by atoms with E-state index in [-0.39, 0.29) is 6.41 Å². The summed E-state index contributed by atoms with van der Waals surface area (Å²) in [5, 5.41) is 8.20. The van der Waals surface area contributed by atoms with Crippen molar-refractivity contribution in [3.8, 4) is 11.5 Å². The summed E-state index contributed by atoms with van der Waals surface area (Å²) in [6, 6.07) is 2.45. The fourth-order valence-corrected chi connectivity index (χ4v) is 3.09. The van der Waals surface area contributed by atoms with Gasteiger partial charge in [0.25, 0.3) is 0 Å². The van der Waals surface area contributed by atoms with Crippen LogP contribution in [0.3, 0.4) is 0 Å². The molecule has 0 bridgehead atoms. The molecule has 4 heterocycles. The van der Waals surface area contributed by atoms with Gasteiger partial charge in [-0.3, -0.25) is 4.79 Å². The lowest BCUT2D eigenvalue weighted by molar-refractivity contribution is -0.106. The molecular weight excluding hydrogens is 332 g/mol. The number of fused-ring (bicyclic) bond motifs is 1. The van der Waals surface area contributed by atoms with Gasteiger partial charge in [-0.25, -0.2) is 9.97 Å². The van der Waals surface area contributed by atoms with Gasteiger partial charge in [0, 0.05) is 30.4 Å². The monoisotopic (exact) mass is 356 g/mol. The van der Waals surface area contributed by atoms with E-state index in [9.17, 15) is 0 Å². The number of aromatic nitrogens is 3. The van der Waals surface area contributed by atoms with Crippen LogP contribution in [0, 0.1) is 13.8 Å². The molecule has 1 aliphatic heterocycles. The number of rotatable bonds is 3. The van der Waals surface area contributed by atoms with Gasteiger partial charge in [0.05, 0.1) is 16.9 Å².